The van der Waals surface area contributed by atoms with Crippen LogP contribution in [0.2, 0.25) is 0 Å². The van der Waals surface area contributed by atoms with Crippen LogP contribution < -0.4 is 10.2 Å². The average molecular weight is 473 g/mol. The number of nitrogens with zero attached hydrogens (tertiary/aromatic N) is 7. The fourth-order valence-corrected chi connectivity index (χ4v) is 5.01. The van der Waals surface area contributed by atoms with Gasteiger partial charge in [0.15, 0.2) is 5.82 Å². The van der Waals surface area contributed by atoms with Crippen LogP contribution in [0.3, 0.4) is 0 Å². The molecule has 1 saturated heterocycles. The van der Waals surface area contributed by atoms with Crippen molar-refractivity contribution in [1.29, 1.82) is 0 Å². The molecule has 5 heterocycles. The van der Waals surface area contributed by atoms with Gasteiger partial charge in [-0.25, -0.2) is 9.48 Å². The number of nitrogens with one attached hydrogen (secondary N) is 1. The smallest absolute Gasteiger partial charge is 0.317 e. The lowest BCUT2D eigenvalue weighted by Crippen LogP contribution is -2.42. The highest BCUT2D eigenvalue weighted by molar-refractivity contribution is 5.92. The van der Waals surface area contributed by atoms with E-state index in [4.69, 9.17) is 14.8 Å². The molecule has 1 fully saturated rings. The third kappa shape index (κ3) is 3.79. The van der Waals surface area contributed by atoms with Crippen LogP contribution in [-0.2, 0) is 24.8 Å². The molecule has 6 rings (SSSR count). The number of carbonyl (C=O) groups excluding carboxylic acids is 1. The fraction of sp³-hybridized carbons (Fsp3) is 0.360. The topological polar surface area (TPSA) is 93.3 Å². The van der Waals surface area contributed by atoms with E-state index < -0.39 is 0 Å². The number of ether oxygens (including phenoxy) is 1. The molecule has 0 radical (unpaired) electrons. The molecular weight excluding hydrogens is 444 g/mol. The number of aryl methyl sites for hydroxylation is 1. The van der Waals surface area contributed by atoms with Crippen LogP contribution >= 0.6 is 0 Å². The zero-order valence-corrected chi connectivity index (χ0v) is 19.9. The third-order valence-corrected chi connectivity index (χ3v) is 6.82. The number of hydrogen-bond acceptors (Lipinski definition) is 6. The molecule has 180 valence electrons. The third-order valence-electron chi connectivity index (χ3n) is 6.82. The lowest BCUT2D eigenvalue weighted by atomic mass is 10.0. The Hall–Kier alpha value is -3.92. The molecule has 10 nitrogen and oxygen atoms in total. The van der Waals surface area contributed by atoms with Crippen molar-refractivity contribution in [3.8, 4) is 16.9 Å². The maximum atomic E-state index is 12.5. The van der Waals surface area contributed by atoms with E-state index in [-0.39, 0.29) is 6.03 Å². The lowest BCUT2D eigenvalue weighted by Gasteiger charge is -2.30. The van der Waals surface area contributed by atoms with Gasteiger partial charge in [-0.3, -0.25) is 9.67 Å². The van der Waals surface area contributed by atoms with Gasteiger partial charge < -0.3 is 19.9 Å². The molecular formula is C25H28N8O2. The average Bonchev–Trinajstić information content (AvgIpc) is 3.51. The van der Waals surface area contributed by atoms with E-state index in [1.54, 1.807) is 11.7 Å². The van der Waals surface area contributed by atoms with Crippen LogP contribution in [0, 0.1) is 0 Å². The van der Waals surface area contributed by atoms with Crippen molar-refractivity contribution in [2.24, 2.45) is 7.05 Å². The van der Waals surface area contributed by atoms with Gasteiger partial charge in [-0.2, -0.15) is 5.10 Å². The summed E-state index contributed by atoms with van der Waals surface area (Å²) in [6, 6.07) is 8.23. The minimum atomic E-state index is -0.0722. The Morgan fingerprint density at radius 2 is 2.00 bits per heavy atom. The molecule has 2 amide bonds. The molecule has 1 N–H and O–H groups in total. The van der Waals surface area contributed by atoms with E-state index >= 15 is 0 Å². The van der Waals surface area contributed by atoms with E-state index in [0.717, 1.165) is 58.7 Å². The summed E-state index contributed by atoms with van der Waals surface area (Å²) in [6.07, 6.45) is 6.46. The number of hydrogen-bond donors (Lipinski definition) is 1. The highest BCUT2D eigenvalue weighted by Gasteiger charge is 2.30. The molecule has 1 aromatic carbocycles. The van der Waals surface area contributed by atoms with Crippen molar-refractivity contribution >= 4 is 22.6 Å². The molecule has 3 aromatic heterocycles. The predicted molar refractivity (Wildman–Crippen MR) is 133 cm³/mol. The van der Waals surface area contributed by atoms with Crippen molar-refractivity contribution in [2.75, 3.05) is 44.8 Å². The predicted octanol–water partition coefficient (Wildman–Crippen LogP) is 2.36. The summed E-state index contributed by atoms with van der Waals surface area (Å²) in [5.74, 6) is 0.997. The van der Waals surface area contributed by atoms with E-state index in [9.17, 15) is 4.79 Å². The van der Waals surface area contributed by atoms with Gasteiger partial charge in [-0.05, 0) is 23.9 Å². The number of pyridine rings is 1. The first-order chi connectivity index (χ1) is 17.1. The van der Waals surface area contributed by atoms with Gasteiger partial charge in [-0.15, -0.1) is 5.10 Å². The molecule has 2 aliphatic heterocycles. The van der Waals surface area contributed by atoms with Gasteiger partial charge in [0.2, 0.25) is 0 Å². The Kier molecular flexibility index (Phi) is 5.37. The summed E-state index contributed by atoms with van der Waals surface area (Å²) in [5, 5.41) is 14.2. The number of aromatic nitrogens is 5. The molecule has 0 aliphatic carbocycles. The van der Waals surface area contributed by atoms with Gasteiger partial charge in [0.1, 0.15) is 0 Å². The Balaban J connectivity index is 1.47. The zero-order chi connectivity index (χ0) is 23.9. The molecule has 0 atom stereocenters. The molecule has 35 heavy (non-hydrogen) atoms. The second kappa shape index (κ2) is 8.70. The first kappa shape index (κ1) is 21.6. The lowest BCUT2D eigenvalue weighted by molar-refractivity contribution is 0.122. The summed E-state index contributed by atoms with van der Waals surface area (Å²) in [6.45, 7) is 4.19. The molecule has 4 aromatic rings. The van der Waals surface area contributed by atoms with Crippen LogP contribution in [0.4, 0.5) is 10.6 Å². The molecule has 0 bridgehead atoms. The van der Waals surface area contributed by atoms with Crippen molar-refractivity contribution in [2.45, 2.75) is 13.0 Å². The summed E-state index contributed by atoms with van der Waals surface area (Å²) in [7, 11) is 3.57. The van der Waals surface area contributed by atoms with Crippen LogP contribution in [0.25, 0.3) is 27.7 Å². The number of rotatable bonds is 3. The second-order valence-corrected chi connectivity index (χ2v) is 8.96. The van der Waals surface area contributed by atoms with Crippen molar-refractivity contribution in [3.05, 3.63) is 54.1 Å². The highest BCUT2D eigenvalue weighted by Crippen LogP contribution is 2.34. The Bertz CT molecular complexity index is 1400. The van der Waals surface area contributed by atoms with E-state index in [0.29, 0.717) is 26.3 Å². The second-order valence-electron chi connectivity index (χ2n) is 8.96. The first-order valence-electron chi connectivity index (χ1n) is 11.9. The van der Waals surface area contributed by atoms with E-state index in [1.807, 2.05) is 41.3 Å². The van der Waals surface area contributed by atoms with Crippen molar-refractivity contribution < 1.29 is 9.53 Å². The number of amides is 2. The van der Waals surface area contributed by atoms with Crippen molar-refractivity contribution in [1.82, 2.24) is 34.8 Å². The molecule has 0 unspecified atom stereocenters. The Morgan fingerprint density at radius 3 is 2.77 bits per heavy atom. The Labute approximate surface area is 203 Å². The van der Waals surface area contributed by atoms with Crippen molar-refractivity contribution in [3.63, 3.8) is 0 Å². The van der Waals surface area contributed by atoms with Gasteiger partial charge in [0.25, 0.3) is 0 Å². The SMILES string of the molecule is CNC(=O)N1CCc2c(N3CCOCC3)nn(-c3cccc4cc(-c5cnn(C)c5)ncc34)c2C1. The first-order valence-corrected chi connectivity index (χ1v) is 11.9. The summed E-state index contributed by atoms with van der Waals surface area (Å²) in [5.41, 5.74) is 5.08. The van der Waals surface area contributed by atoms with Crippen LogP contribution in [0.5, 0.6) is 0 Å². The number of urea groups is 1. The minimum Gasteiger partial charge on any atom is -0.378 e. The largest absolute Gasteiger partial charge is 0.378 e. The molecule has 0 saturated carbocycles. The maximum Gasteiger partial charge on any atom is 0.317 e. The number of fused-ring (bicyclic) bond motifs is 2. The quantitative estimate of drug-likeness (QED) is 0.492. The number of benzene rings is 1. The molecule has 0 spiro atoms. The van der Waals surface area contributed by atoms with E-state index in [1.165, 1.54) is 5.56 Å². The van der Waals surface area contributed by atoms with Gasteiger partial charge >= 0.3 is 6.03 Å². The minimum absolute atomic E-state index is 0.0722. The van der Waals surface area contributed by atoms with Crippen LogP contribution in [0.15, 0.2) is 42.9 Å². The number of morpholine rings is 1. The highest BCUT2D eigenvalue weighted by atomic mass is 16.5. The summed E-state index contributed by atoms with van der Waals surface area (Å²) >= 11 is 0. The fourth-order valence-electron chi connectivity index (χ4n) is 5.01. The number of anilines is 1. The standard InChI is InChI=1S/C25H28N8O2/c1-26-25(34)32-7-6-19-23(16-32)33(29-24(19)31-8-10-35-11-9-31)22-5-3-4-17-12-21(27-14-20(17)22)18-13-28-30(2)15-18/h3-5,12-15H,6-11,16H2,1-2H3,(H,26,34). The summed E-state index contributed by atoms with van der Waals surface area (Å²) in [4.78, 5) is 21.4. The number of carbonyl (C=O) groups is 1. The zero-order valence-electron chi connectivity index (χ0n) is 19.9. The van der Waals surface area contributed by atoms with Gasteiger partial charge in [0, 0.05) is 62.6 Å². The van der Waals surface area contributed by atoms with E-state index in [2.05, 4.69) is 33.5 Å². The maximum absolute atomic E-state index is 12.5. The monoisotopic (exact) mass is 472 g/mol. The van der Waals surface area contributed by atoms with Crippen LogP contribution in [0.1, 0.15) is 11.3 Å². The summed E-state index contributed by atoms with van der Waals surface area (Å²) < 4.78 is 9.37. The van der Waals surface area contributed by atoms with Gasteiger partial charge in [-0.1, -0.05) is 12.1 Å². The van der Waals surface area contributed by atoms with Gasteiger partial charge in [0.05, 0.1) is 43.0 Å². The Morgan fingerprint density at radius 1 is 1.14 bits per heavy atom. The molecule has 2 aliphatic rings. The molecule has 10 heteroatoms. The normalized spacial score (nSPS) is 15.9. The van der Waals surface area contributed by atoms with Crippen LogP contribution in [-0.4, -0.2) is 75.4 Å².